The molecule has 1 rings (SSSR count). The molecular weight excluding hydrogens is 201 g/mol. The second-order valence-corrected chi connectivity index (χ2v) is 3.05. The molecule has 0 fully saturated rings. The first-order chi connectivity index (χ1) is 7.16. The van der Waals surface area contributed by atoms with Gasteiger partial charge in [-0.2, -0.15) is 4.39 Å². The normalized spacial score (nSPS) is 10.0. The van der Waals surface area contributed by atoms with Crippen molar-refractivity contribution in [3.05, 3.63) is 34.1 Å². The molecule has 0 spiro atoms. The monoisotopic (exact) mass is 213 g/mol. The molecule has 4 nitrogen and oxygen atoms in total. The van der Waals surface area contributed by atoms with Crippen LogP contribution in [0.25, 0.3) is 0 Å². The van der Waals surface area contributed by atoms with E-state index in [1.807, 2.05) is 6.92 Å². The van der Waals surface area contributed by atoms with Crippen LogP contribution in [0.4, 0.5) is 10.1 Å². The first-order valence-corrected chi connectivity index (χ1v) is 4.72. The summed E-state index contributed by atoms with van der Waals surface area (Å²) in [7, 11) is 0. The van der Waals surface area contributed by atoms with E-state index in [0.29, 0.717) is 6.61 Å². The number of halogens is 1. The molecule has 0 radical (unpaired) electrons. The van der Waals surface area contributed by atoms with Gasteiger partial charge in [0.25, 0.3) is 0 Å². The van der Waals surface area contributed by atoms with Crippen LogP contribution >= 0.6 is 0 Å². The Hall–Kier alpha value is -1.65. The van der Waals surface area contributed by atoms with E-state index in [2.05, 4.69) is 0 Å². The third kappa shape index (κ3) is 2.90. The van der Waals surface area contributed by atoms with Gasteiger partial charge >= 0.3 is 5.69 Å². The van der Waals surface area contributed by atoms with Crippen LogP contribution in [0.15, 0.2) is 18.2 Å². The number of unbranched alkanes of at least 4 members (excludes halogenated alkanes) is 1. The van der Waals surface area contributed by atoms with E-state index in [0.717, 1.165) is 18.9 Å². The zero-order chi connectivity index (χ0) is 11.3. The van der Waals surface area contributed by atoms with Gasteiger partial charge in [-0.15, -0.1) is 0 Å². The molecule has 0 aliphatic carbocycles. The Morgan fingerprint density at radius 3 is 2.87 bits per heavy atom. The van der Waals surface area contributed by atoms with Crippen LogP contribution in [0.1, 0.15) is 19.8 Å². The van der Waals surface area contributed by atoms with E-state index < -0.39 is 16.4 Å². The fourth-order valence-corrected chi connectivity index (χ4v) is 1.12. The van der Waals surface area contributed by atoms with Gasteiger partial charge in [0.1, 0.15) is 0 Å². The molecule has 0 saturated heterocycles. The van der Waals surface area contributed by atoms with Gasteiger partial charge in [0.2, 0.25) is 5.82 Å². The van der Waals surface area contributed by atoms with Crippen molar-refractivity contribution in [3.8, 4) is 5.75 Å². The number of nitrogens with zero attached hydrogens (tertiary/aromatic N) is 1. The smallest absolute Gasteiger partial charge is 0.346 e. The Balaban J connectivity index is 2.86. The molecule has 0 amide bonds. The van der Waals surface area contributed by atoms with Crippen molar-refractivity contribution in [2.24, 2.45) is 0 Å². The number of para-hydroxylation sites is 1. The maximum atomic E-state index is 13.1. The van der Waals surface area contributed by atoms with Crippen LogP contribution in [0.5, 0.6) is 5.75 Å². The fraction of sp³-hybridized carbons (Fsp3) is 0.400. The SMILES string of the molecule is CCCCOc1cccc(F)c1[N+](=O)[O-]. The van der Waals surface area contributed by atoms with E-state index in [1.54, 1.807) is 0 Å². The molecule has 0 bridgehead atoms. The average Bonchev–Trinajstić information content (AvgIpc) is 2.17. The van der Waals surface area contributed by atoms with Crippen molar-refractivity contribution in [1.29, 1.82) is 0 Å². The Morgan fingerprint density at radius 1 is 1.53 bits per heavy atom. The first-order valence-electron chi connectivity index (χ1n) is 4.72. The zero-order valence-corrected chi connectivity index (χ0v) is 8.40. The highest BCUT2D eigenvalue weighted by atomic mass is 19.1. The molecule has 0 aliphatic heterocycles. The standard InChI is InChI=1S/C10H12FNO3/c1-2-3-7-15-9-6-4-5-8(11)10(9)12(13)14/h4-6H,2-3,7H2,1H3. The summed E-state index contributed by atoms with van der Waals surface area (Å²) in [5, 5.41) is 10.6. The molecule has 0 N–H and O–H groups in total. The summed E-state index contributed by atoms with van der Waals surface area (Å²) in [4.78, 5) is 9.79. The van der Waals surface area contributed by atoms with Gasteiger partial charge in [0, 0.05) is 0 Å². The summed E-state index contributed by atoms with van der Waals surface area (Å²) >= 11 is 0. The predicted molar refractivity (Wildman–Crippen MR) is 53.5 cm³/mol. The molecule has 0 heterocycles. The van der Waals surface area contributed by atoms with Crippen LogP contribution in [-0.2, 0) is 0 Å². The summed E-state index contributed by atoms with van der Waals surface area (Å²) in [6.45, 7) is 2.34. The highest BCUT2D eigenvalue weighted by Crippen LogP contribution is 2.29. The Labute approximate surface area is 86.8 Å². The Morgan fingerprint density at radius 2 is 2.27 bits per heavy atom. The highest BCUT2D eigenvalue weighted by molar-refractivity contribution is 5.47. The van der Waals surface area contributed by atoms with Gasteiger partial charge in [-0.05, 0) is 18.6 Å². The van der Waals surface area contributed by atoms with Crippen LogP contribution in [0, 0.1) is 15.9 Å². The van der Waals surface area contributed by atoms with Gasteiger partial charge in [-0.25, -0.2) is 0 Å². The van der Waals surface area contributed by atoms with Crippen molar-refractivity contribution in [3.63, 3.8) is 0 Å². The maximum absolute atomic E-state index is 13.1. The lowest BCUT2D eigenvalue weighted by Gasteiger charge is -2.05. The minimum atomic E-state index is -0.867. The molecule has 0 unspecified atom stereocenters. The van der Waals surface area contributed by atoms with Crippen LogP contribution in [-0.4, -0.2) is 11.5 Å². The molecule has 1 aromatic carbocycles. The molecule has 82 valence electrons. The predicted octanol–water partition coefficient (Wildman–Crippen LogP) is 2.91. The molecule has 0 saturated carbocycles. The number of hydrogen-bond donors (Lipinski definition) is 0. The molecule has 0 atom stereocenters. The minimum Gasteiger partial charge on any atom is -0.487 e. The van der Waals surface area contributed by atoms with Crippen molar-refractivity contribution in [2.75, 3.05) is 6.61 Å². The number of benzene rings is 1. The van der Waals surface area contributed by atoms with Gasteiger partial charge in [-0.1, -0.05) is 19.4 Å². The van der Waals surface area contributed by atoms with Gasteiger partial charge < -0.3 is 4.74 Å². The van der Waals surface area contributed by atoms with Gasteiger partial charge in [0.05, 0.1) is 11.5 Å². The second kappa shape index (κ2) is 5.29. The van der Waals surface area contributed by atoms with Crippen molar-refractivity contribution < 1.29 is 14.1 Å². The van der Waals surface area contributed by atoms with E-state index in [-0.39, 0.29) is 5.75 Å². The third-order valence-electron chi connectivity index (χ3n) is 1.89. The Bertz CT molecular complexity index is 355. The van der Waals surface area contributed by atoms with Crippen molar-refractivity contribution in [1.82, 2.24) is 0 Å². The number of nitro groups is 1. The lowest BCUT2D eigenvalue weighted by atomic mass is 10.3. The Kier molecular flexibility index (Phi) is 4.03. The lowest BCUT2D eigenvalue weighted by Crippen LogP contribution is -2.01. The van der Waals surface area contributed by atoms with E-state index in [4.69, 9.17) is 4.74 Å². The summed E-state index contributed by atoms with van der Waals surface area (Å²) in [6.07, 6.45) is 1.71. The first kappa shape index (κ1) is 11.4. The van der Waals surface area contributed by atoms with E-state index in [9.17, 15) is 14.5 Å². The maximum Gasteiger partial charge on any atom is 0.346 e. The van der Waals surface area contributed by atoms with E-state index in [1.165, 1.54) is 12.1 Å². The number of ether oxygens (including phenoxy) is 1. The quantitative estimate of drug-likeness (QED) is 0.429. The molecule has 5 heteroatoms. The highest BCUT2D eigenvalue weighted by Gasteiger charge is 2.20. The number of rotatable bonds is 5. The summed E-state index contributed by atoms with van der Waals surface area (Å²) in [6, 6.07) is 3.84. The molecular formula is C10H12FNO3. The summed E-state index contributed by atoms with van der Waals surface area (Å²) in [5.74, 6) is -0.873. The fourth-order valence-electron chi connectivity index (χ4n) is 1.12. The van der Waals surface area contributed by atoms with Gasteiger partial charge in [-0.3, -0.25) is 10.1 Å². The van der Waals surface area contributed by atoms with Crippen LogP contribution in [0.2, 0.25) is 0 Å². The van der Waals surface area contributed by atoms with E-state index >= 15 is 0 Å². The largest absolute Gasteiger partial charge is 0.487 e. The van der Waals surface area contributed by atoms with Gasteiger partial charge in [0.15, 0.2) is 5.75 Å². The molecule has 0 aliphatic rings. The number of hydrogen-bond acceptors (Lipinski definition) is 3. The van der Waals surface area contributed by atoms with Crippen molar-refractivity contribution >= 4 is 5.69 Å². The lowest BCUT2D eigenvalue weighted by molar-refractivity contribution is -0.388. The van der Waals surface area contributed by atoms with Crippen LogP contribution in [0.3, 0.4) is 0 Å². The summed E-state index contributed by atoms with van der Waals surface area (Å²) < 4.78 is 18.2. The molecule has 0 aromatic heterocycles. The average molecular weight is 213 g/mol. The summed E-state index contributed by atoms with van der Waals surface area (Å²) in [5.41, 5.74) is -0.589. The zero-order valence-electron chi connectivity index (χ0n) is 8.40. The van der Waals surface area contributed by atoms with Crippen molar-refractivity contribution in [2.45, 2.75) is 19.8 Å². The third-order valence-corrected chi connectivity index (χ3v) is 1.89. The minimum absolute atomic E-state index is 0.00606. The molecule has 15 heavy (non-hydrogen) atoms. The second-order valence-electron chi connectivity index (χ2n) is 3.05. The molecule has 1 aromatic rings. The topological polar surface area (TPSA) is 52.4 Å². The number of nitro benzene ring substituents is 1. The van der Waals surface area contributed by atoms with Crippen LogP contribution < -0.4 is 4.74 Å².